The smallest absolute Gasteiger partial charge is 0.405 e. The van der Waals surface area contributed by atoms with Crippen molar-refractivity contribution in [3.05, 3.63) is 24.3 Å². The van der Waals surface area contributed by atoms with Crippen LogP contribution in [0, 0.1) is 0 Å². The molecule has 0 spiro atoms. The molecule has 0 radical (unpaired) electrons. The van der Waals surface area contributed by atoms with Crippen LogP contribution in [-0.2, 0) is 0 Å². The largest absolute Gasteiger partial charge is 0.573 e. The quantitative estimate of drug-likeness (QED) is 0.860. The molecular weight excluding hydrogens is 263 g/mol. The summed E-state index contributed by atoms with van der Waals surface area (Å²) in [6.45, 7) is 0. The lowest BCUT2D eigenvalue weighted by Crippen LogP contribution is -2.18. The normalized spacial score (nSPS) is 11.3. The molecule has 0 saturated carbocycles. The van der Waals surface area contributed by atoms with Gasteiger partial charge in [0.15, 0.2) is 5.82 Å². The molecule has 2 rings (SSSR count). The summed E-state index contributed by atoms with van der Waals surface area (Å²) in [7, 11) is 0. The fraction of sp³-hybridized carbons (Fsp3) is 0.100. The van der Waals surface area contributed by atoms with Gasteiger partial charge in [-0.15, -0.1) is 23.4 Å². The summed E-state index contributed by atoms with van der Waals surface area (Å²) in [5.74, 6) is -0.747. The number of rotatable bonds is 2. The minimum Gasteiger partial charge on any atom is -0.405 e. The van der Waals surface area contributed by atoms with Gasteiger partial charge in [0.25, 0.3) is 0 Å². The van der Waals surface area contributed by atoms with Crippen LogP contribution >= 0.6 is 0 Å². The average molecular weight is 271 g/mol. The molecule has 1 heterocycles. The fourth-order valence-electron chi connectivity index (χ4n) is 1.42. The van der Waals surface area contributed by atoms with E-state index in [0.29, 0.717) is 0 Å². The first-order valence-electron chi connectivity index (χ1n) is 4.97. The zero-order valence-electron chi connectivity index (χ0n) is 9.35. The van der Waals surface area contributed by atoms with E-state index in [0.717, 1.165) is 6.07 Å². The van der Waals surface area contributed by atoms with Crippen LogP contribution in [0.25, 0.3) is 11.3 Å². The Bertz CT molecular complexity index is 602. The Morgan fingerprint density at radius 2 is 1.74 bits per heavy atom. The topological polar surface area (TPSA) is 99.9 Å². The fourth-order valence-corrected chi connectivity index (χ4v) is 1.42. The number of aromatic nitrogens is 3. The van der Waals surface area contributed by atoms with Crippen LogP contribution in [0.5, 0.6) is 5.75 Å². The Morgan fingerprint density at radius 3 is 2.37 bits per heavy atom. The summed E-state index contributed by atoms with van der Waals surface area (Å²) in [6.07, 6.45) is -4.82. The van der Waals surface area contributed by atoms with Crippen molar-refractivity contribution in [2.45, 2.75) is 6.36 Å². The van der Waals surface area contributed by atoms with Crippen molar-refractivity contribution in [2.24, 2.45) is 0 Å². The number of hydrogen-bond acceptors (Lipinski definition) is 6. The van der Waals surface area contributed by atoms with Crippen molar-refractivity contribution in [3.63, 3.8) is 0 Å². The minimum absolute atomic E-state index is 0.0253. The van der Waals surface area contributed by atoms with E-state index >= 15 is 0 Å². The van der Waals surface area contributed by atoms with Crippen LogP contribution in [0.2, 0.25) is 0 Å². The predicted molar refractivity (Wildman–Crippen MR) is 60.8 cm³/mol. The van der Waals surface area contributed by atoms with E-state index in [4.69, 9.17) is 11.5 Å². The van der Waals surface area contributed by atoms with Crippen LogP contribution < -0.4 is 16.2 Å². The van der Waals surface area contributed by atoms with Crippen LogP contribution in [-0.4, -0.2) is 21.5 Å². The molecule has 0 fully saturated rings. The number of para-hydroxylation sites is 1. The predicted octanol–water partition coefficient (Wildman–Crippen LogP) is 1.60. The van der Waals surface area contributed by atoms with Crippen molar-refractivity contribution in [3.8, 4) is 17.0 Å². The van der Waals surface area contributed by atoms with Crippen molar-refractivity contribution >= 4 is 11.8 Å². The van der Waals surface area contributed by atoms with Gasteiger partial charge >= 0.3 is 6.36 Å². The Balaban J connectivity index is 2.50. The van der Waals surface area contributed by atoms with E-state index in [9.17, 15) is 13.2 Å². The van der Waals surface area contributed by atoms with E-state index in [2.05, 4.69) is 19.9 Å². The SMILES string of the molecule is Nc1nnc(-c2ccccc2OC(F)(F)F)c(N)n1. The minimum atomic E-state index is -4.82. The maximum absolute atomic E-state index is 12.3. The molecule has 0 amide bonds. The van der Waals surface area contributed by atoms with Crippen molar-refractivity contribution in [2.75, 3.05) is 11.5 Å². The zero-order chi connectivity index (χ0) is 14.0. The van der Waals surface area contributed by atoms with Gasteiger partial charge in [0.2, 0.25) is 5.95 Å². The van der Waals surface area contributed by atoms with Crippen LogP contribution in [0.4, 0.5) is 24.9 Å². The van der Waals surface area contributed by atoms with Gasteiger partial charge in [-0.3, -0.25) is 0 Å². The van der Waals surface area contributed by atoms with Gasteiger partial charge in [0.05, 0.1) is 0 Å². The lowest BCUT2D eigenvalue weighted by atomic mass is 10.1. The van der Waals surface area contributed by atoms with E-state index in [-0.39, 0.29) is 23.0 Å². The molecule has 9 heteroatoms. The number of ether oxygens (including phenoxy) is 1. The molecule has 0 unspecified atom stereocenters. The highest BCUT2D eigenvalue weighted by Crippen LogP contribution is 2.34. The number of halogens is 3. The summed E-state index contributed by atoms with van der Waals surface area (Å²) < 4.78 is 40.7. The Labute approximate surface area is 105 Å². The highest BCUT2D eigenvalue weighted by atomic mass is 19.4. The lowest BCUT2D eigenvalue weighted by Gasteiger charge is -2.13. The van der Waals surface area contributed by atoms with Crippen molar-refractivity contribution in [1.29, 1.82) is 0 Å². The molecule has 0 aliphatic heterocycles. The number of hydrogen-bond donors (Lipinski definition) is 2. The Hall–Kier alpha value is -2.58. The second-order valence-electron chi connectivity index (χ2n) is 3.45. The molecule has 0 aliphatic rings. The number of benzene rings is 1. The molecule has 0 bridgehead atoms. The maximum atomic E-state index is 12.3. The molecule has 1 aromatic heterocycles. The van der Waals surface area contributed by atoms with Gasteiger partial charge in [-0.05, 0) is 12.1 Å². The second kappa shape index (κ2) is 4.59. The van der Waals surface area contributed by atoms with E-state index in [1.807, 2.05) is 0 Å². The summed E-state index contributed by atoms with van der Waals surface area (Å²) >= 11 is 0. The number of nitrogens with two attached hydrogens (primary N) is 2. The first-order chi connectivity index (χ1) is 8.87. The van der Waals surface area contributed by atoms with Crippen LogP contribution in [0.1, 0.15) is 0 Å². The third-order valence-corrected chi connectivity index (χ3v) is 2.10. The monoisotopic (exact) mass is 271 g/mol. The van der Waals surface area contributed by atoms with Gasteiger partial charge in [0.1, 0.15) is 11.4 Å². The van der Waals surface area contributed by atoms with Gasteiger partial charge in [-0.25, -0.2) is 0 Å². The second-order valence-corrected chi connectivity index (χ2v) is 3.45. The maximum Gasteiger partial charge on any atom is 0.573 e. The summed E-state index contributed by atoms with van der Waals surface area (Å²) in [5.41, 5.74) is 10.8. The summed E-state index contributed by atoms with van der Waals surface area (Å²) in [4.78, 5) is 3.63. The van der Waals surface area contributed by atoms with Gasteiger partial charge in [0, 0.05) is 5.56 Å². The summed E-state index contributed by atoms with van der Waals surface area (Å²) in [5, 5.41) is 7.08. The molecule has 6 nitrogen and oxygen atoms in total. The third-order valence-electron chi connectivity index (χ3n) is 2.10. The molecule has 1 aromatic carbocycles. The van der Waals surface area contributed by atoms with E-state index in [1.165, 1.54) is 18.2 Å². The molecule has 19 heavy (non-hydrogen) atoms. The van der Waals surface area contributed by atoms with E-state index < -0.39 is 12.1 Å². The number of alkyl halides is 3. The van der Waals surface area contributed by atoms with Crippen molar-refractivity contribution < 1.29 is 17.9 Å². The first kappa shape index (κ1) is 12.9. The van der Waals surface area contributed by atoms with Crippen LogP contribution in [0.3, 0.4) is 0 Å². The Kier molecular flexibility index (Phi) is 3.11. The lowest BCUT2D eigenvalue weighted by molar-refractivity contribution is -0.274. The molecule has 0 saturated heterocycles. The number of nitrogens with zero attached hydrogens (tertiary/aromatic N) is 3. The molecule has 2 aromatic rings. The standard InChI is InChI=1S/C10H8F3N5O/c11-10(12,13)19-6-4-2-1-3-5(6)7-8(14)16-9(15)18-17-7/h1-4H,(H4,14,15,16,18). The summed E-state index contributed by atoms with van der Waals surface area (Å²) in [6, 6.07) is 5.40. The van der Waals surface area contributed by atoms with Gasteiger partial charge < -0.3 is 16.2 Å². The molecular formula is C10H8F3N5O. The highest BCUT2D eigenvalue weighted by molar-refractivity contribution is 5.74. The third kappa shape index (κ3) is 3.00. The molecule has 4 N–H and O–H groups in total. The number of nitrogen functional groups attached to an aromatic ring is 2. The Morgan fingerprint density at radius 1 is 1.05 bits per heavy atom. The first-order valence-corrected chi connectivity index (χ1v) is 4.97. The molecule has 100 valence electrons. The zero-order valence-corrected chi connectivity index (χ0v) is 9.35. The van der Waals surface area contributed by atoms with Gasteiger partial charge in [-0.2, -0.15) is 4.98 Å². The van der Waals surface area contributed by atoms with E-state index in [1.54, 1.807) is 0 Å². The van der Waals surface area contributed by atoms with Crippen molar-refractivity contribution in [1.82, 2.24) is 15.2 Å². The molecule has 0 aliphatic carbocycles. The molecule has 0 atom stereocenters. The number of anilines is 2. The average Bonchev–Trinajstić information content (AvgIpc) is 2.28. The highest BCUT2D eigenvalue weighted by Gasteiger charge is 2.32. The van der Waals surface area contributed by atoms with Crippen LogP contribution in [0.15, 0.2) is 24.3 Å². The van der Waals surface area contributed by atoms with Gasteiger partial charge in [-0.1, -0.05) is 12.1 Å².